The molecule has 7 heteroatoms. The van der Waals surface area contributed by atoms with E-state index >= 15 is 0 Å². The number of nitrogens with two attached hydrogens (primary N) is 1. The van der Waals surface area contributed by atoms with Gasteiger partial charge in [0.2, 0.25) is 0 Å². The summed E-state index contributed by atoms with van der Waals surface area (Å²) in [6.45, 7) is 5.59. The zero-order chi connectivity index (χ0) is 15.8. The SMILES string of the molecule is Cc1cc(C(F)(F)F)ccc1C(N)c1snnc1C(C)C. The average molecular weight is 315 g/mol. The third kappa shape index (κ3) is 3.24. The van der Waals surface area contributed by atoms with Gasteiger partial charge < -0.3 is 5.73 Å². The molecule has 0 amide bonds. The number of halogens is 3. The van der Waals surface area contributed by atoms with E-state index < -0.39 is 17.8 Å². The first-order valence-corrected chi connectivity index (χ1v) is 7.24. The maximum atomic E-state index is 12.7. The molecule has 1 aromatic carbocycles. The number of rotatable bonds is 3. The van der Waals surface area contributed by atoms with Gasteiger partial charge in [-0.25, -0.2) is 0 Å². The molecule has 1 aromatic heterocycles. The highest BCUT2D eigenvalue weighted by Crippen LogP contribution is 2.34. The van der Waals surface area contributed by atoms with Crippen LogP contribution in [-0.4, -0.2) is 9.59 Å². The summed E-state index contributed by atoms with van der Waals surface area (Å²) in [5.74, 6) is 0.166. The van der Waals surface area contributed by atoms with Crippen molar-refractivity contribution < 1.29 is 13.2 Å². The lowest BCUT2D eigenvalue weighted by molar-refractivity contribution is -0.137. The molecule has 0 aliphatic heterocycles. The fraction of sp³-hybridized carbons (Fsp3) is 0.429. The van der Waals surface area contributed by atoms with Crippen molar-refractivity contribution in [3.8, 4) is 0 Å². The van der Waals surface area contributed by atoms with Crippen molar-refractivity contribution >= 4 is 11.5 Å². The number of hydrogen-bond donors (Lipinski definition) is 1. The van der Waals surface area contributed by atoms with E-state index in [-0.39, 0.29) is 5.92 Å². The quantitative estimate of drug-likeness (QED) is 0.930. The van der Waals surface area contributed by atoms with E-state index in [4.69, 9.17) is 5.73 Å². The van der Waals surface area contributed by atoms with Gasteiger partial charge in [0, 0.05) is 0 Å². The third-order valence-electron chi connectivity index (χ3n) is 3.30. The number of aromatic nitrogens is 2. The highest BCUT2D eigenvalue weighted by Gasteiger charge is 2.31. The van der Waals surface area contributed by atoms with E-state index in [1.54, 1.807) is 6.92 Å². The van der Waals surface area contributed by atoms with Crippen molar-refractivity contribution in [3.05, 3.63) is 45.5 Å². The molecule has 21 heavy (non-hydrogen) atoms. The molecule has 0 spiro atoms. The minimum Gasteiger partial charge on any atom is -0.319 e. The van der Waals surface area contributed by atoms with Crippen molar-refractivity contribution in [1.29, 1.82) is 0 Å². The molecular formula is C14H16F3N3S. The van der Waals surface area contributed by atoms with Gasteiger partial charge in [0.15, 0.2) is 0 Å². The second-order valence-electron chi connectivity index (χ2n) is 5.22. The Labute approximate surface area is 125 Å². The molecule has 0 aliphatic carbocycles. The zero-order valence-corrected chi connectivity index (χ0v) is 12.7. The topological polar surface area (TPSA) is 51.8 Å². The molecule has 1 unspecified atom stereocenters. The number of alkyl halides is 3. The molecule has 1 heterocycles. The molecule has 0 fully saturated rings. The lowest BCUT2D eigenvalue weighted by Crippen LogP contribution is -2.15. The molecule has 2 aromatic rings. The Kier molecular flexibility index (Phi) is 4.34. The van der Waals surface area contributed by atoms with Crippen LogP contribution in [0.5, 0.6) is 0 Å². The molecular weight excluding hydrogens is 299 g/mol. The number of hydrogen-bond acceptors (Lipinski definition) is 4. The molecule has 0 aliphatic rings. The zero-order valence-electron chi connectivity index (χ0n) is 11.9. The fourth-order valence-corrected chi connectivity index (χ4v) is 2.99. The molecule has 2 N–H and O–H groups in total. The van der Waals surface area contributed by atoms with E-state index in [2.05, 4.69) is 9.59 Å². The van der Waals surface area contributed by atoms with Gasteiger partial charge in [0.1, 0.15) is 0 Å². The lowest BCUT2D eigenvalue weighted by Gasteiger charge is -2.17. The van der Waals surface area contributed by atoms with Crippen molar-refractivity contribution in [2.75, 3.05) is 0 Å². The Hall–Kier alpha value is -1.47. The van der Waals surface area contributed by atoms with Crippen LogP contribution in [0.25, 0.3) is 0 Å². The van der Waals surface area contributed by atoms with E-state index in [1.165, 1.54) is 17.6 Å². The fourth-order valence-electron chi connectivity index (χ4n) is 2.16. The standard InChI is InChI=1S/C14H16F3N3S/c1-7(2)12-13(21-20-19-12)11(18)10-5-4-9(6-8(10)3)14(15,16)17/h4-7,11H,18H2,1-3H3. The number of aryl methyl sites for hydroxylation is 1. The Morgan fingerprint density at radius 2 is 1.90 bits per heavy atom. The van der Waals surface area contributed by atoms with Gasteiger partial charge in [-0.15, -0.1) is 5.10 Å². The molecule has 1 atom stereocenters. The van der Waals surface area contributed by atoms with Crippen LogP contribution in [-0.2, 0) is 6.18 Å². The van der Waals surface area contributed by atoms with Crippen molar-refractivity contribution in [1.82, 2.24) is 9.59 Å². The van der Waals surface area contributed by atoms with Gasteiger partial charge in [-0.2, -0.15) is 13.2 Å². The van der Waals surface area contributed by atoms with E-state index in [9.17, 15) is 13.2 Å². The van der Waals surface area contributed by atoms with E-state index in [0.717, 1.165) is 22.7 Å². The first kappa shape index (κ1) is 15.9. The summed E-state index contributed by atoms with van der Waals surface area (Å²) in [5.41, 5.74) is 7.52. The van der Waals surface area contributed by atoms with Crippen LogP contribution < -0.4 is 5.73 Å². The Morgan fingerprint density at radius 3 is 2.43 bits per heavy atom. The summed E-state index contributed by atoms with van der Waals surface area (Å²) < 4.78 is 42.0. The molecule has 0 bridgehead atoms. The first-order chi connectivity index (χ1) is 9.71. The second-order valence-corrected chi connectivity index (χ2v) is 6.01. The predicted octanol–water partition coefficient (Wildman–Crippen LogP) is 4.04. The maximum Gasteiger partial charge on any atom is 0.416 e. The van der Waals surface area contributed by atoms with Crippen molar-refractivity contribution in [2.24, 2.45) is 5.73 Å². The Balaban J connectivity index is 2.40. The first-order valence-electron chi connectivity index (χ1n) is 6.47. The molecule has 0 radical (unpaired) electrons. The van der Waals surface area contributed by atoms with Crippen LogP contribution in [0.1, 0.15) is 53.1 Å². The van der Waals surface area contributed by atoms with Crippen molar-refractivity contribution in [2.45, 2.75) is 38.9 Å². The van der Waals surface area contributed by atoms with Gasteiger partial charge in [-0.3, -0.25) is 0 Å². The number of nitrogens with zero attached hydrogens (tertiary/aromatic N) is 2. The summed E-state index contributed by atoms with van der Waals surface area (Å²) in [7, 11) is 0. The molecule has 0 saturated carbocycles. The van der Waals surface area contributed by atoms with Gasteiger partial charge in [-0.05, 0) is 47.6 Å². The van der Waals surface area contributed by atoms with Gasteiger partial charge >= 0.3 is 6.18 Å². The van der Waals surface area contributed by atoms with Crippen LogP contribution in [0.15, 0.2) is 18.2 Å². The number of benzene rings is 1. The smallest absolute Gasteiger partial charge is 0.319 e. The van der Waals surface area contributed by atoms with Gasteiger partial charge in [0.25, 0.3) is 0 Å². The molecule has 114 valence electrons. The third-order valence-corrected chi connectivity index (χ3v) is 4.12. The van der Waals surface area contributed by atoms with Crippen LogP contribution >= 0.6 is 11.5 Å². The molecule has 2 rings (SSSR count). The van der Waals surface area contributed by atoms with Gasteiger partial charge in [-0.1, -0.05) is 24.4 Å². The molecule has 0 saturated heterocycles. The van der Waals surface area contributed by atoms with Crippen LogP contribution in [0.3, 0.4) is 0 Å². The summed E-state index contributed by atoms with van der Waals surface area (Å²) in [6, 6.07) is 3.11. The van der Waals surface area contributed by atoms with Crippen molar-refractivity contribution in [3.63, 3.8) is 0 Å². The Bertz CT molecular complexity index is 635. The minimum absolute atomic E-state index is 0.166. The lowest BCUT2D eigenvalue weighted by atomic mass is 9.96. The molecule has 3 nitrogen and oxygen atoms in total. The normalized spacial score (nSPS) is 13.7. The monoisotopic (exact) mass is 315 g/mol. The van der Waals surface area contributed by atoms with Gasteiger partial charge in [0.05, 0.1) is 22.2 Å². The maximum absolute atomic E-state index is 12.7. The van der Waals surface area contributed by atoms with Crippen LogP contribution in [0.4, 0.5) is 13.2 Å². The summed E-state index contributed by atoms with van der Waals surface area (Å²) in [4.78, 5) is 0.799. The summed E-state index contributed by atoms with van der Waals surface area (Å²) in [6.07, 6.45) is -4.34. The minimum atomic E-state index is -4.34. The highest BCUT2D eigenvalue weighted by molar-refractivity contribution is 7.05. The predicted molar refractivity (Wildman–Crippen MR) is 76.2 cm³/mol. The van der Waals surface area contributed by atoms with Crippen LogP contribution in [0.2, 0.25) is 0 Å². The average Bonchev–Trinajstić information content (AvgIpc) is 2.86. The second kappa shape index (κ2) is 5.73. The van der Waals surface area contributed by atoms with E-state index in [1.807, 2.05) is 13.8 Å². The van der Waals surface area contributed by atoms with Crippen LogP contribution in [0, 0.1) is 6.92 Å². The largest absolute Gasteiger partial charge is 0.416 e. The Morgan fingerprint density at radius 1 is 1.24 bits per heavy atom. The highest BCUT2D eigenvalue weighted by atomic mass is 32.1. The van der Waals surface area contributed by atoms with E-state index in [0.29, 0.717) is 11.1 Å². The summed E-state index contributed by atoms with van der Waals surface area (Å²) >= 11 is 1.19. The summed E-state index contributed by atoms with van der Waals surface area (Å²) in [5, 5.41) is 4.06.